The highest BCUT2D eigenvalue weighted by atomic mass is 32.1. The molecule has 4 nitrogen and oxygen atoms in total. The second-order valence-electron chi connectivity index (χ2n) is 6.21. The predicted octanol–water partition coefficient (Wildman–Crippen LogP) is 4.70. The second kappa shape index (κ2) is 7.57. The zero-order chi connectivity index (χ0) is 17.8. The molecule has 0 aliphatic rings. The highest BCUT2D eigenvalue weighted by Gasteiger charge is 2.10. The third kappa shape index (κ3) is 4.31. The van der Waals surface area contributed by atoms with Gasteiger partial charge in [-0.2, -0.15) is 0 Å². The fourth-order valence-electron chi connectivity index (χ4n) is 2.86. The molecule has 3 rings (SSSR count). The van der Waals surface area contributed by atoms with Crippen molar-refractivity contribution in [2.24, 2.45) is 0 Å². The highest BCUT2D eigenvalue weighted by Crippen LogP contribution is 2.24. The van der Waals surface area contributed by atoms with Crippen LogP contribution < -0.4 is 5.32 Å². The number of aryl methyl sites for hydroxylation is 4. The van der Waals surface area contributed by atoms with Crippen LogP contribution in [0.5, 0.6) is 0 Å². The Hall–Kier alpha value is -2.53. The molecule has 0 unspecified atom stereocenters. The number of rotatable bonds is 5. The van der Waals surface area contributed by atoms with Crippen LogP contribution in [0.3, 0.4) is 0 Å². The molecule has 0 fully saturated rings. The Morgan fingerprint density at radius 1 is 1.20 bits per heavy atom. The van der Waals surface area contributed by atoms with E-state index in [1.807, 2.05) is 31.4 Å². The summed E-state index contributed by atoms with van der Waals surface area (Å²) in [6, 6.07) is 8.06. The zero-order valence-electron chi connectivity index (χ0n) is 14.7. The van der Waals surface area contributed by atoms with E-state index in [0.29, 0.717) is 12.8 Å². The molecule has 25 heavy (non-hydrogen) atoms. The lowest BCUT2D eigenvalue weighted by molar-refractivity contribution is -0.116. The molecule has 0 atom stereocenters. The van der Waals surface area contributed by atoms with Crippen molar-refractivity contribution in [3.63, 3.8) is 0 Å². The Labute approximate surface area is 152 Å². The monoisotopic (exact) mass is 351 g/mol. The average Bonchev–Trinajstić information content (AvgIpc) is 3.06. The van der Waals surface area contributed by atoms with Crippen molar-refractivity contribution in [2.75, 3.05) is 5.32 Å². The molecular weight excluding hydrogens is 330 g/mol. The molecule has 0 aliphatic heterocycles. The van der Waals surface area contributed by atoms with Gasteiger partial charge in [0.2, 0.25) is 5.91 Å². The fourth-order valence-corrected chi connectivity index (χ4v) is 3.71. The summed E-state index contributed by atoms with van der Waals surface area (Å²) in [4.78, 5) is 21.0. The quantitative estimate of drug-likeness (QED) is 0.725. The van der Waals surface area contributed by atoms with Gasteiger partial charge in [0.25, 0.3) is 0 Å². The van der Waals surface area contributed by atoms with Gasteiger partial charge >= 0.3 is 0 Å². The first-order valence-corrected chi connectivity index (χ1v) is 9.13. The van der Waals surface area contributed by atoms with Gasteiger partial charge in [0, 0.05) is 35.4 Å². The van der Waals surface area contributed by atoms with E-state index in [1.54, 1.807) is 23.7 Å². The molecule has 0 spiro atoms. The number of benzene rings is 1. The molecule has 1 N–H and O–H groups in total. The average molecular weight is 351 g/mol. The summed E-state index contributed by atoms with van der Waals surface area (Å²) >= 11 is 1.58. The first-order valence-electron chi connectivity index (χ1n) is 8.25. The van der Waals surface area contributed by atoms with Gasteiger partial charge in [0.05, 0.1) is 5.69 Å². The molecule has 0 saturated carbocycles. The summed E-state index contributed by atoms with van der Waals surface area (Å²) in [5.74, 6) is 0.0194. The molecule has 5 heteroatoms. The SMILES string of the molecule is Cc1cc(C)c(NC(=O)CCc2csc(-c3cccnc3)n2)c(C)c1. The third-order valence-corrected chi connectivity index (χ3v) is 4.95. The van der Waals surface area contributed by atoms with E-state index in [1.165, 1.54) is 5.56 Å². The number of anilines is 1. The van der Waals surface area contributed by atoms with Crippen molar-refractivity contribution < 1.29 is 4.79 Å². The van der Waals surface area contributed by atoms with Crippen LogP contribution in [-0.4, -0.2) is 15.9 Å². The number of nitrogens with zero attached hydrogens (tertiary/aromatic N) is 2. The third-order valence-electron chi connectivity index (χ3n) is 4.01. The number of aromatic nitrogens is 2. The Balaban J connectivity index is 1.61. The Kier molecular flexibility index (Phi) is 5.24. The molecule has 128 valence electrons. The predicted molar refractivity (Wildman–Crippen MR) is 103 cm³/mol. The lowest BCUT2D eigenvalue weighted by Crippen LogP contribution is -2.14. The van der Waals surface area contributed by atoms with E-state index >= 15 is 0 Å². The van der Waals surface area contributed by atoms with Crippen LogP contribution in [-0.2, 0) is 11.2 Å². The Morgan fingerprint density at radius 2 is 1.96 bits per heavy atom. The van der Waals surface area contributed by atoms with Gasteiger partial charge in [-0.1, -0.05) is 17.7 Å². The van der Waals surface area contributed by atoms with Crippen LogP contribution in [0.1, 0.15) is 28.8 Å². The van der Waals surface area contributed by atoms with Crippen LogP contribution in [0.15, 0.2) is 42.0 Å². The van der Waals surface area contributed by atoms with Crippen molar-refractivity contribution >= 4 is 22.9 Å². The van der Waals surface area contributed by atoms with E-state index in [9.17, 15) is 4.79 Å². The Bertz CT molecular complexity index is 864. The van der Waals surface area contributed by atoms with Crippen molar-refractivity contribution in [3.8, 4) is 10.6 Å². The van der Waals surface area contributed by atoms with Gasteiger partial charge in [0.15, 0.2) is 0 Å². The van der Waals surface area contributed by atoms with Crippen LogP contribution in [0.2, 0.25) is 0 Å². The zero-order valence-corrected chi connectivity index (χ0v) is 15.5. The number of hydrogen-bond acceptors (Lipinski definition) is 4. The molecule has 3 aromatic rings. The number of pyridine rings is 1. The fraction of sp³-hybridized carbons (Fsp3) is 0.250. The number of nitrogens with one attached hydrogen (secondary N) is 1. The van der Waals surface area contributed by atoms with Gasteiger partial charge in [-0.15, -0.1) is 11.3 Å². The molecule has 1 amide bonds. The maximum atomic E-state index is 12.3. The number of carbonyl (C=O) groups excluding carboxylic acids is 1. The summed E-state index contributed by atoms with van der Waals surface area (Å²) in [6.45, 7) is 6.11. The summed E-state index contributed by atoms with van der Waals surface area (Å²) in [5.41, 5.74) is 6.27. The van der Waals surface area contributed by atoms with E-state index < -0.39 is 0 Å². The first kappa shape index (κ1) is 17.3. The van der Waals surface area contributed by atoms with Gasteiger partial charge in [0.1, 0.15) is 5.01 Å². The number of carbonyl (C=O) groups is 1. The number of thiazole rings is 1. The summed E-state index contributed by atoms with van der Waals surface area (Å²) < 4.78 is 0. The topological polar surface area (TPSA) is 54.9 Å². The molecule has 0 saturated heterocycles. The molecule has 0 radical (unpaired) electrons. The van der Waals surface area contributed by atoms with Crippen LogP contribution in [0.4, 0.5) is 5.69 Å². The van der Waals surface area contributed by atoms with E-state index in [4.69, 9.17) is 0 Å². The molecular formula is C20H21N3OS. The highest BCUT2D eigenvalue weighted by molar-refractivity contribution is 7.13. The van der Waals surface area contributed by atoms with Gasteiger partial charge in [-0.25, -0.2) is 4.98 Å². The first-order chi connectivity index (χ1) is 12.0. The van der Waals surface area contributed by atoms with E-state index in [2.05, 4.69) is 34.3 Å². The molecule has 0 bridgehead atoms. The van der Waals surface area contributed by atoms with Crippen LogP contribution >= 0.6 is 11.3 Å². The maximum absolute atomic E-state index is 12.3. The molecule has 1 aromatic carbocycles. The summed E-state index contributed by atoms with van der Waals surface area (Å²) in [6.07, 6.45) is 4.60. The second-order valence-corrected chi connectivity index (χ2v) is 7.07. The van der Waals surface area contributed by atoms with Crippen molar-refractivity contribution in [3.05, 3.63) is 64.4 Å². The lowest BCUT2D eigenvalue weighted by atomic mass is 10.0. The van der Waals surface area contributed by atoms with E-state index in [0.717, 1.165) is 33.1 Å². The Morgan fingerprint density at radius 3 is 2.64 bits per heavy atom. The molecule has 2 heterocycles. The summed E-state index contributed by atoms with van der Waals surface area (Å²) in [5, 5.41) is 5.99. The molecule has 2 aromatic heterocycles. The van der Waals surface area contributed by atoms with Gasteiger partial charge in [-0.05, 0) is 50.5 Å². The van der Waals surface area contributed by atoms with Crippen molar-refractivity contribution in [2.45, 2.75) is 33.6 Å². The van der Waals surface area contributed by atoms with Gasteiger partial charge in [-0.3, -0.25) is 9.78 Å². The van der Waals surface area contributed by atoms with Crippen molar-refractivity contribution in [1.82, 2.24) is 9.97 Å². The van der Waals surface area contributed by atoms with Crippen LogP contribution in [0.25, 0.3) is 10.6 Å². The minimum Gasteiger partial charge on any atom is -0.326 e. The van der Waals surface area contributed by atoms with E-state index in [-0.39, 0.29) is 5.91 Å². The largest absolute Gasteiger partial charge is 0.326 e. The minimum atomic E-state index is 0.0194. The maximum Gasteiger partial charge on any atom is 0.224 e. The number of hydrogen-bond donors (Lipinski definition) is 1. The number of amides is 1. The lowest BCUT2D eigenvalue weighted by Gasteiger charge is -2.12. The van der Waals surface area contributed by atoms with Crippen molar-refractivity contribution in [1.29, 1.82) is 0 Å². The standard InChI is InChI=1S/C20H21N3OS/c1-13-9-14(2)19(15(3)10-13)23-18(24)7-6-17-12-25-20(22-17)16-5-4-8-21-11-16/h4-5,8-12H,6-7H2,1-3H3,(H,23,24). The smallest absolute Gasteiger partial charge is 0.224 e. The minimum absolute atomic E-state index is 0.0194. The normalized spacial score (nSPS) is 10.7. The van der Waals surface area contributed by atoms with Gasteiger partial charge < -0.3 is 5.32 Å². The van der Waals surface area contributed by atoms with Crippen LogP contribution in [0, 0.1) is 20.8 Å². The summed E-state index contributed by atoms with van der Waals surface area (Å²) in [7, 11) is 0. The molecule has 0 aliphatic carbocycles.